The van der Waals surface area contributed by atoms with Gasteiger partial charge in [-0.3, -0.25) is 20.0 Å². The number of nitrogens with zero attached hydrogens (tertiary/aromatic N) is 6. The summed E-state index contributed by atoms with van der Waals surface area (Å²) in [6.45, 7) is 6.98. The van der Waals surface area contributed by atoms with Crippen molar-refractivity contribution in [3.8, 4) is 28.8 Å². The molecule has 1 fully saturated rings. The first-order valence-corrected chi connectivity index (χ1v) is 16.6. The van der Waals surface area contributed by atoms with Crippen molar-refractivity contribution in [3.05, 3.63) is 113 Å². The van der Waals surface area contributed by atoms with E-state index in [-0.39, 0.29) is 17.2 Å². The number of amides is 1. The van der Waals surface area contributed by atoms with Crippen molar-refractivity contribution in [1.82, 2.24) is 30.3 Å². The number of nitrogens with one attached hydrogen (secondary N) is 1. The minimum atomic E-state index is -0.807. The highest BCUT2D eigenvalue weighted by molar-refractivity contribution is 6.08. The predicted octanol–water partition coefficient (Wildman–Crippen LogP) is 4.81. The maximum atomic E-state index is 12.9. The largest absolute Gasteiger partial charge is 0.506 e. The molecule has 1 aliphatic heterocycles. The number of aliphatic hydroxyl groups excluding tert-OH is 1. The van der Waals surface area contributed by atoms with Gasteiger partial charge in [0.05, 0.1) is 11.3 Å². The van der Waals surface area contributed by atoms with Gasteiger partial charge in [-0.05, 0) is 60.3 Å². The van der Waals surface area contributed by atoms with Gasteiger partial charge in [0, 0.05) is 75.1 Å². The van der Waals surface area contributed by atoms with E-state index >= 15 is 0 Å². The molecule has 2 aromatic heterocycles. The molecule has 3 heterocycles. The lowest BCUT2D eigenvalue weighted by Crippen LogP contribution is -2.46. The van der Waals surface area contributed by atoms with Crippen LogP contribution in [-0.2, 0) is 6.54 Å². The van der Waals surface area contributed by atoms with Crippen molar-refractivity contribution in [2.45, 2.75) is 26.1 Å². The normalized spacial score (nSPS) is 13.9. The fourth-order valence-corrected chi connectivity index (χ4v) is 5.93. The molecule has 5 aromatic rings. The van der Waals surface area contributed by atoms with Crippen LogP contribution in [0.2, 0.25) is 0 Å². The summed E-state index contributed by atoms with van der Waals surface area (Å²) < 4.78 is 0. The molecule has 6 rings (SSSR count). The summed E-state index contributed by atoms with van der Waals surface area (Å²) in [5.41, 5.74) is 5.14. The summed E-state index contributed by atoms with van der Waals surface area (Å²) in [5.74, 6) is 7.16. The Balaban J connectivity index is 1.13. The number of aliphatic hydroxyl groups is 1. The summed E-state index contributed by atoms with van der Waals surface area (Å²) in [6.07, 6.45) is 1.87. The third-order valence-electron chi connectivity index (χ3n) is 8.68. The Bertz CT molecular complexity index is 1980. The smallest absolute Gasteiger partial charge is 0.257 e. The Morgan fingerprint density at radius 1 is 0.939 bits per heavy atom. The third kappa shape index (κ3) is 7.71. The zero-order chi connectivity index (χ0) is 34.3. The zero-order valence-corrected chi connectivity index (χ0v) is 28.1. The molecular formula is C39H41N7O3. The monoisotopic (exact) mass is 655 g/mol. The summed E-state index contributed by atoms with van der Waals surface area (Å²) in [5, 5.41) is 34.2. The van der Waals surface area contributed by atoms with E-state index in [2.05, 4.69) is 43.2 Å². The Morgan fingerprint density at radius 2 is 1.69 bits per heavy atom. The Labute approximate surface area is 287 Å². The predicted molar refractivity (Wildman–Crippen MR) is 192 cm³/mol. The van der Waals surface area contributed by atoms with Crippen molar-refractivity contribution in [3.63, 3.8) is 0 Å². The molecule has 0 saturated carbocycles. The number of anilines is 1. The fourth-order valence-electron chi connectivity index (χ4n) is 5.93. The second kappa shape index (κ2) is 15.3. The van der Waals surface area contributed by atoms with Crippen LogP contribution in [-0.4, -0.2) is 87.9 Å². The number of fused-ring (bicyclic) bond motifs is 1. The van der Waals surface area contributed by atoms with Gasteiger partial charge in [-0.15, -0.1) is 10.2 Å². The molecule has 0 aliphatic carbocycles. The second-order valence-corrected chi connectivity index (χ2v) is 12.3. The van der Waals surface area contributed by atoms with Crippen LogP contribution in [0.25, 0.3) is 22.0 Å². The van der Waals surface area contributed by atoms with E-state index in [1.54, 1.807) is 26.4 Å². The molecule has 1 unspecified atom stereocenters. The topological polar surface area (TPSA) is 118 Å². The van der Waals surface area contributed by atoms with Gasteiger partial charge in [0.15, 0.2) is 5.82 Å². The Kier molecular flexibility index (Phi) is 10.4. The SMILES string of the molecule is CCCNC(O)c1ccc(N2CCN(Cc3ccccc3C#Cc3ccc(-c4cc(C(=O)N(C)C)c(O)c5ccccc45)nc3)CC2)nn1. The van der Waals surface area contributed by atoms with E-state index < -0.39 is 6.23 Å². The van der Waals surface area contributed by atoms with E-state index in [9.17, 15) is 15.0 Å². The molecule has 0 spiro atoms. The lowest BCUT2D eigenvalue weighted by molar-refractivity contribution is 0.0825. The van der Waals surface area contributed by atoms with Crippen molar-refractivity contribution < 1.29 is 15.0 Å². The van der Waals surface area contributed by atoms with Crippen LogP contribution in [0.15, 0.2) is 85.1 Å². The van der Waals surface area contributed by atoms with Crippen molar-refractivity contribution in [2.75, 3.05) is 51.7 Å². The summed E-state index contributed by atoms with van der Waals surface area (Å²) >= 11 is 0. The maximum absolute atomic E-state index is 12.9. The number of piperazine rings is 1. The standard InChI is InChI=1S/C39H41N7O3/c1-4-19-40-38(48)35-17-18-36(43-42-35)46-22-20-45(21-23-46)26-29-10-6-5-9-28(29)15-13-27-14-16-34(41-25-27)32-24-33(39(49)44(2)3)37(47)31-12-8-7-11-30(31)32/h5-12,14,16-18,24-25,38,40,47-48H,4,19-23,26H2,1-3H3. The number of phenolic OH excluding ortho intramolecular Hbond substituents is 1. The van der Waals surface area contributed by atoms with Gasteiger partial charge in [0.25, 0.3) is 5.91 Å². The number of rotatable bonds is 9. The number of phenols is 1. The van der Waals surface area contributed by atoms with Crippen LogP contribution in [0.5, 0.6) is 5.75 Å². The lowest BCUT2D eigenvalue weighted by atomic mass is 9.96. The van der Waals surface area contributed by atoms with Crippen LogP contribution in [0.3, 0.4) is 0 Å². The lowest BCUT2D eigenvalue weighted by Gasteiger charge is -2.35. The molecule has 3 aromatic carbocycles. The Morgan fingerprint density at radius 3 is 2.39 bits per heavy atom. The maximum Gasteiger partial charge on any atom is 0.257 e. The van der Waals surface area contributed by atoms with Gasteiger partial charge >= 0.3 is 0 Å². The second-order valence-electron chi connectivity index (χ2n) is 12.3. The fraction of sp³-hybridized carbons (Fsp3) is 0.282. The third-order valence-corrected chi connectivity index (χ3v) is 8.68. The van der Waals surface area contributed by atoms with Crippen molar-refractivity contribution in [1.29, 1.82) is 0 Å². The minimum absolute atomic E-state index is 0.0299. The average Bonchev–Trinajstić information content (AvgIpc) is 3.14. The highest BCUT2D eigenvalue weighted by atomic mass is 16.3. The molecular weight excluding hydrogens is 614 g/mol. The van der Waals surface area contributed by atoms with Crippen LogP contribution >= 0.6 is 0 Å². The van der Waals surface area contributed by atoms with E-state index in [0.717, 1.165) is 67.0 Å². The number of hydrogen-bond acceptors (Lipinski definition) is 9. The van der Waals surface area contributed by atoms with E-state index in [1.165, 1.54) is 10.5 Å². The molecule has 10 nitrogen and oxygen atoms in total. The van der Waals surface area contributed by atoms with E-state index in [4.69, 9.17) is 4.98 Å². The first-order chi connectivity index (χ1) is 23.8. The molecule has 3 N–H and O–H groups in total. The van der Waals surface area contributed by atoms with Crippen molar-refractivity contribution >= 4 is 22.5 Å². The number of aromatic hydroxyl groups is 1. The highest BCUT2D eigenvalue weighted by Crippen LogP contribution is 2.36. The van der Waals surface area contributed by atoms with E-state index in [1.807, 2.05) is 73.7 Å². The highest BCUT2D eigenvalue weighted by Gasteiger charge is 2.21. The molecule has 1 aliphatic rings. The molecule has 250 valence electrons. The van der Waals surface area contributed by atoms with Crippen LogP contribution in [0.1, 0.15) is 52.3 Å². The quantitative estimate of drug-likeness (QED) is 0.152. The van der Waals surface area contributed by atoms with Crippen molar-refractivity contribution in [2.24, 2.45) is 0 Å². The zero-order valence-electron chi connectivity index (χ0n) is 28.1. The van der Waals surface area contributed by atoms with Gasteiger partial charge < -0.3 is 20.0 Å². The van der Waals surface area contributed by atoms with Gasteiger partial charge in [-0.1, -0.05) is 61.2 Å². The molecule has 0 radical (unpaired) electrons. The number of aromatic nitrogens is 3. The van der Waals surface area contributed by atoms with Crippen LogP contribution in [0.4, 0.5) is 5.82 Å². The summed E-state index contributed by atoms with van der Waals surface area (Å²) in [7, 11) is 3.33. The number of hydrogen-bond donors (Lipinski definition) is 3. The first-order valence-electron chi connectivity index (χ1n) is 16.6. The number of carbonyl (C=O) groups excluding carboxylic acids is 1. The van der Waals surface area contributed by atoms with E-state index in [0.29, 0.717) is 23.3 Å². The molecule has 49 heavy (non-hydrogen) atoms. The number of carbonyl (C=O) groups is 1. The molecule has 1 amide bonds. The number of benzene rings is 3. The first kappa shape index (κ1) is 33.6. The van der Waals surface area contributed by atoms with Gasteiger partial charge in [0.1, 0.15) is 17.7 Å². The molecule has 1 atom stereocenters. The van der Waals surface area contributed by atoms with Gasteiger partial charge in [0.2, 0.25) is 0 Å². The minimum Gasteiger partial charge on any atom is -0.506 e. The average molecular weight is 656 g/mol. The summed E-state index contributed by atoms with van der Waals surface area (Å²) in [6, 6.07) is 25.0. The molecule has 10 heteroatoms. The van der Waals surface area contributed by atoms with Gasteiger partial charge in [-0.25, -0.2) is 0 Å². The van der Waals surface area contributed by atoms with Crippen LogP contribution < -0.4 is 10.2 Å². The Hall–Kier alpha value is -5.34. The molecule has 1 saturated heterocycles. The number of pyridine rings is 1. The summed E-state index contributed by atoms with van der Waals surface area (Å²) in [4.78, 5) is 23.7. The molecule has 0 bridgehead atoms. The van der Waals surface area contributed by atoms with Gasteiger partial charge in [-0.2, -0.15) is 0 Å². The van der Waals surface area contributed by atoms with Crippen LogP contribution in [0, 0.1) is 11.8 Å².